The van der Waals surface area contributed by atoms with E-state index in [0.29, 0.717) is 24.7 Å². The van der Waals surface area contributed by atoms with Crippen molar-refractivity contribution in [1.82, 2.24) is 5.32 Å². The van der Waals surface area contributed by atoms with E-state index in [9.17, 15) is 14.9 Å². The Morgan fingerprint density at radius 3 is 2.44 bits per heavy atom. The molecule has 0 heterocycles. The lowest BCUT2D eigenvalue weighted by Crippen LogP contribution is -2.26. The Morgan fingerprint density at radius 1 is 1.15 bits per heavy atom. The summed E-state index contributed by atoms with van der Waals surface area (Å²) in [6.07, 6.45) is 0. The monoisotopic (exact) mass is 373 g/mol. The lowest BCUT2D eigenvalue weighted by atomic mass is 10.1. The zero-order valence-corrected chi connectivity index (χ0v) is 15.5. The predicted octanol–water partition coefficient (Wildman–Crippen LogP) is 3.47. The standard InChI is InChI=1S/C19H23N3O5/c1-4-26-17-9-7-13(11-18(17)27-5-2)12(3)21-19(23)14-6-8-15(20)16(10-14)22(24)25/h6-12H,4-5,20H2,1-3H3,(H,21,23). The lowest BCUT2D eigenvalue weighted by molar-refractivity contribution is -0.383. The summed E-state index contributed by atoms with van der Waals surface area (Å²) in [5.41, 5.74) is 6.27. The SMILES string of the molecule is CCOc1ccc(C(C)NC(=O)c2ccc(N)c([N+](=O)[O-])c2)cc1OCC. The van der Waals surface area contributed by atoms with Gasteiger partial charge < -0.3 is 20.5 Å². The maximum absolute atomic E-state index is 12.5. The van der Waals surface area contributed by atoms with E-state index in [2.05, 4.69) is 5.32 Å². The van der Waals surface area contributed by atoms with Crippen LogP contribution in [0.15, 0.2) is 36.4 Å². The molecule has 3 N–H and O–H groups in total. The highest BCUT2D eigenvalue weighted by Gasteiger charge is 2.18. The van der Waals surface area contributed by atoms with Gasteiger partial charge in [-0.05, 0) is 50.6 Å². The van der Waals surface area contributed by atoms with Crippen LogP contribution in [0.5, 0.6) is 11.5 Å². The van der Waals surface area contributed by atoms with E-state index >= 15 is 0 Å². The lowest BCUT2D eigenvalue weighted by Gasteiger charge is -2.17. The number of ether oxygens (including phenoxy) is 2. The number of nitrogens with one attached hydrogen (secondary N) is 1. The topological polar surface area (TPSA) is 117 Å². The number of hydrogen-bond donors (Lipinski definition) is 2. The van der Waals surface area contributed by atoms with Gasteiger partial charge in [0.05, 0.1) is 24.2 Å². The summed E-state index contributed by atoms with van der Waals surface area (Å²) in [4.78, 5) is 22.8. The maximum atomic E-state index is 12.5. The number of nitro benzene ring substituents is 1. The molecule has 8 heteroatoms. The van der Waals surface area contributed by atoms with Crippen LogP contribution in [-0.4, -0.2) is 24.0 Å². The molecule has 0 bridgehead atoms. The van der Waals surface area contributed by atoms with Crippen LogP contribution >= 0.6 is 0 Å². The summed E-state index contributed by atoms with van der Waals surface area (Å²) in [6, 6.07) is 9.07. The van der Waals surface area contributed by atoms with Crippen molar-refractivity contribution in [3.8, 4) is 11.5 Å². The Morgan fingerprint density at radius 2 is 1.81 bits per heavy atom. The zero-order chi connectivity index (χ0) is 20.0. The summed E-state index contributed by atoms with van der Waals surface area (Å²) in [6.45, 7) is 6.58. The van der Waals surface area contributed by atoms with Gasteiger partial charge in [-0.2, -0.15) is 0 Å². The van der Waals surface area contributed by atoms with Crippen molar-refractivity contribution in [1.29, 1.82) is 0 Å². The number of rotatable bonds is 8. The number of benzene rings is 2. The Labute approximate surface area is 157 Å². The minimum Gasteiger partial charge on any atom is -0.490 e. The molecule has 0 aliphatic rings. The largest absolute Gasteiger partial charge is 0.490 e. The van der Waals surface area contributed by atoms with E-state index < -0.39 is 10.8 Å². The molecule has 2 aromatic carbocycles. The van der Waals surface area contributed by atoms with E-state index in [1.54, 1.807) is 6.07 Å². The third-order valence-electron chi connectivity index (χ3n) is 3.90. The first-order chi connectivity index (χ1) is 12.9. The third kappa shape index (κ3) is 4.87. The van der Waals surface area contributed by atoms with Crippen molar-refractivity contribution >= 4 is 17.3 Å². The molecular weight excluding hydrogens is 350 g/mol. The van der Waals surface area contributed by atoms with E-state index in [0.717, 1.165) is 5.56 Å². The minimum atomic E-state index is -0.615. The predicted molar refractivity (Wildman–Crippen MR) is 102 cm³/mol. The first-order valence-electron chi connectivity index (χ1n) is 8.61. The van der Waals surface area contributed by atoms with Crippen LogP contribution in [0, 0.1) is 10.1 Å². The van der Waals surface area contributed by atoms with Crippen molar-refractivity contribution < 1.29 is 19.2 Å². The van der Waals surface area contributed by atoms with Crippen molar-refractivity contribution in [3.05, 3.63) is 57.6 Å². The molecule has 0 aliphatic heterocycles. The van der Waals surface area contributed by atoms with E-state index in [-0.39, 0.29) is 23.0 Å². The van der Waals surface area contributed by atoms with Gasteiger partial charge >= 0.3 is 0 Å². The fourth-order valence-corrected chi connectivity index (χ4v) is 2.54. The molecule has 1 amide bonds. The Bertz CT molecular complexity index is 838. The van der Waals surface area contributed by atoms with Crippen molar-refractivity contribution in [3.63, 3.8) is 0 Å². The second-order valence-corrected chi connectivity index (χ2v) is 5.80. The van der Waals surface area contributed by atoms with Gasteiger partial charge in [-0.3, -0.25) is 14.9 Å². The second kappa shape index (κ2) is 8.88. The normalized spacial score (nSPS) is 11.5. The number of nitrogens with two attached hydrogens (primary N) is 1. The molecule has 2 rings (SSSR count). The maximum Gasteiger partial charge on any atom is 0.292 e. The van der Waals surface area contributed by atoms with Crippen molar-refractivity contribution in [2.75, 3.05) is 18.9 Å². The molecule has 0 radical (unpaired) electrons. The van der Waals surface area contributed by atoms with Gasteiger partial charge in [-0.25, -0.2) is 0 Å². The first kappa shape index (κ1) is 20.0. The molecule has 0 spiro atoms. The number of anilines is 1. The number of nitro groups is 1. The van der Waals surface area contributed by atoms with Gasteiger partial charge in [-0.1, -0.05) is 6.07 Å². The van der Waals surface area contributed by atoms with E-state index in [1.807, 2.05) is 32.9 Å². The van der Waals surface area contributed by atoms with Crippen LogP contribution in [0.1, 0.15) is 42.7 Å². The molecule has 144 valence electrons. The van der Waals surface area contributed by atoms with Crippen LogP contribution in [0.2, 0.25) is 0 Å². The quantitative estimate of drug-likeness (QED) is 0.416. The fraction of sp³-hybridized carbons (Fsp3) is 0.316. The molecule has 0 fully saturated rings. The summed E-state index contributed by atoms with van der Waals surface area (Å²) < 4.78 is 11.1. The average Bonchev–Trinajstić information content (AvgIpc) is 2.63. The molecule has 0 saturated carbocycles. The van der Waals surface area contributed by atoms with Gasteiger partial charge in [0.15, 0.2) is 11.5 Å². The van der Waals surface area contributed by atoms with E-state index in [4.69, 9.17) is 15.2 Å². The average molecular weight is 373 g/mol. The number of nitrogen functional groups attached to an aromatic ring is 1. The number of amides is 1. The highest BCUT2D eigenvalue weighted by Crippen LogP contribution is 2.31. The van der Waals surface area contributed by atoms with Gasteiger partial charge in [0.2, 0.25) is 0 Å². The number of hydrogen-bond acceptors (Lipinski definition) is 6. The van der Waals surface area contributed by atoms with Crippen molar-refractivity contribution in [2.24, 2.45) is 0 Å². The fourth-order valence-electron chi connectivity index (χ4n) is 2.54. The van der Waals surface area contributed by atoms with Gasteiger partial charge in [-0.15, -0.1) is 0 Å². The highest BCUT2D eigenvalue weighted by atomic mass is 16.6. The molecule has 0 aromatic heterocycles. The van der Waals surface area contributed by atoms with Crippen LogP contribution in [-0.2, 0) is 0 Å². The van der Waals surface area contributed by atoms with Crippen LogP contribution < -0.4 is 20.5 Å². The van der Waals surface area contributed by atoms with Crippen LogP contribution in [0.25, 0.3) is 0 Å². The molecule has 0 aliphatic carbocycles. The number of carbonyl (C=O) groups is 1. The molecule has 0 saturated heterocycles. The Hall–Kier alpha value is -3.29. The summed E-state index contributed by atoms with van der Waals surface area (Å²) in [7, 11) is 0. The molecule has 2 aromatic rings. The Balaban J connectivity index is 2.20. The number of carbonyl (C=O) groups excluding carboxylic acids is 1. The summed E-state index contributed by atoms with van der Waals surface area (Å²) in [5, 5.41) is 13.8. The first-order valence-corrected chi connectivity index (χ1v) is 8.61. The van der Waals surface area contributed by atoms with Gasteiger partial charge in [0, 0.05) is 11.6 Å². The van der Waals surface area contributed by atoms with Gasteiger partial charge in [0.25, 0.3) is 11.6 Å². The van der Waals surface area contributed by atoms with Crippen molar-refractivity contribution in [2.45, 2.75) is 26.8 Å². The molecule has 1 unspecified atom stereocenters. The molecular formula is C19H23N3O5. The van der Waals surface area contributed by atoms with Crippen LogP contribution in [0.3, 0.4) is 0 Å². The zero-order valence-electron chi connectivity index (χ0n) is 15.5. The minimum absolute atomic E-state index is 0.0115. The smallest absolute Gasteiger partial charge is 0.292 e. The van der Waals surface area contributed by atoms with Gasteiger partial charge in [0.1, 0.15) is 5.69 Å². The highest BCUT2D eigenvalue weighted by molar-refractivity contribution is 5.95. The summed E-state index contributed by atoms with van der Waals surface area (Å²) in [5.74, 6) is 0.800. The Kier molecular flexibility index (Phi) is 6.59. The number of nitrogens with zero attached hydrogens (tertiary/aromatic N) is 1. The molecule has 8 nitrogen and oxygen atoms in total. The molecule has 1 atom stereocenters. The van der Waals surface area contributed by atoms with Crippen LogP contribution in [0.4, 0.5) is 11.4 Å². The summed E-state index contributed by atoms with van der Waals surface area (Å²) >= 11 is 0. The molecule has 27 heavy (non-hydrogen) atoms. The second-order valence-electron chi connectivity index (χ2n) is 5.80. The van der Waals surface area contributed by atoms with E-state index in [1.165, 1.54) is 18.2 Å². The third-order valence-corrected chi connectivity index (χ3v) is 3.90.